The molecule has 2 aromatic carbocycles. The molecule has 3 aromatic heterocycles. The topological polar surface area (TPSA) is 81.4 Å². The van der Waals surface area contributed by atoms with Gasteiger partial charge in [-0.3, -0.25) is 0 Å². The summed E-state index contributed by atoms with van der Waals surface area (Å²) in [5, 5.41) is 9.11. The van der Waals surface area contributed by atoms with Gasteiger partial charge >= 0.3 is 0 Å². The quantitative estimate of drug-likeness (QED) is 0.327. The summed E-state index contributed by atoms with van der Waals surface area (Å²) in [6, 6.07) is 16.6. The number of benzene rings is 2. The second-order valence-electron chi connectivity index (χ2n) is 7.28. The molecular weight excluding hydrogens is 360 g/mol. The molecule has 0 spiro atoms. The molecule has 0 radical (unpaired) electrons. The first-order chi connectivity index (χ1) is 14.2. The van der Waals surface area contributed by atoms with Crippen LogP contribution in [-0.4, -0.2) is 19.9 Å². The van der Waals surface area contributed by atoms with Crippen LogP contribution in [0.25, 0.3) is 21.8 Å². The summed E-state index contributed by atoms with van der Waals surface area (Å²) in [5.74, 6) is 1.35. The molecular formula is C23H22N6. The molecule has 0 atom stereocenters. The van der Waals surface area contributed by atoms with Gasteiger partial charge in [0.25, 0.3) is 0 Å². The van der Waals surface area contributed by atoms with Gasteiger partial charge in [-0.25, -0.2) is 4.98 Å². The minimum atomic E-state index is 0.596. The molecule has 6 heteroatoms. The SMILES string of the molecule is Cc1[nH]c2ccc(Nc3ccnc(NCc4ccc5[nH]ccc5c4)n3)cc2c1C. The molecule has 5 aromatic rings. The van der Waals surface area contributed by atoms with E-state index in [0.29, 0.717) is 12.5 Å². The van der Waals surface area contributed by atoms with Gasteiger partial charge in [0.05, 0.1) is 0 Å². The molecule has 0 fully saturated rings. The number of rotatable bonds is 5. The number of hydrogen-bond acceptors (Lipinski definition) is 4. The Morgan fingerprint density at radius 3 is 2.79 bits per heavy atom. The van der Waals surface area contributed by atoms with Crippen LogP contribution >= 0.6 is 0 Å². The van der Waals surface area contributed by atoms with Crippen molar-refractivity contribution in [3.63, 3.8) is 0 Å². The smallest absolute Gasteiger partial charge is 0.224 e. The molecule has 0 saturated carbocycles. The lowest BCUT2D eigenvalue weighted by molar-refractivity contribution is 1.06. The van der Waals surface area contributed by atoms with Gasteiger partial charge in [0.15, 0.2) is 0 Å². The molecule has 0 aliphatic rings. The maximum Gasteiger partial charge on any atom is 0.224 e. The maximum absolute atomic E-state index is 4.60. The second-order valence-corrected chi connectivity index (χ2v) is 7.28. The Labute approximate surface area is 168 Å². The number of anilines is 3. The number of aromatic amines is 2. The van der Waals surface area contributed by atoms with Crippen LogP contribution in [0.2, 0.25) is 0 Å². The average Bonchev–Trinajstić information content (AvgIpc) is 3.31. The Kier molecular flexibility index (Phi) is 4.17. The molecule has 4 N–H and O–H groups in total. The van der Waals surface area contributed by atoms with Crippen LogP contribution in [0.15, 0.2) is 60.9 Å². The van der Waals surface area contributed by atoms with Crippen LogP contribution in [0.4, 0.5) is 17.5 Å². The predicted molar refractivity (Wildman–Crippen MR) is 119 cm³/mol. The number of hydrogen-bond donors (Lipinski definition) is 4. The van der Waals surface area contributed by atoms with E-state index in [9.17, 15) is 0 Å². The maximum atomic E-state index is 4.60. The highest BCUT2D eigenvalue weighted by Gasteiger charge is 2.06. The molecule has 0 unspecified atom stereocenters. The summed E-state index contributed by atoms with van der Waals surface area (Å²) in [7, 11) is 0. The first kappa shape index (κ1) is 17.3. The van der Waals surface area contributed by atoms with Crippen LogP contribution in [0, 0.1) is 13.8 Å². The van der Waals surface area contributed by atoms with Crippen molar-refractivity contribution in [2.24, 2.45) is 0 Å². The van der Waals surface area contributed by atoms with E-state index in [1.54, 1.807) is 6.20 Å². The molecule has 0 bridgehead atoms. The van der Waals surface area contributed by atoms with Gasteiger partial charge in [0.2, 0.25) is 5.95 Å². The summed E-state index contributed by atoms with van der Waals surface area (Å²) in [6.45, 7) is 4.90. The van der Waals surface area contributed by atoms with E-state index < -0.39 is 0 Å². The van der Waals surface area contributed by atoms with Crippen LogP contribution < -0.4 is 10.6 Å². The van der Waals surface area contributed by atoms with Crippen molar-refractivity contribution in [2.75, 3.05) is 10.6 Å². The van der Waals surface area contributed by atoms with Crippen molar-refractivity contribution in [3.05, 3.63) is 77.7 Å². The van der Waals surface area contributed by atoms with Gasteiger partial charge in [-0.2, -0.15) is 4.98 Å². The minimum absolute atomic E-state index is 0.596. The highest BCUT2D eigenvalue weighted by molar-refractivity contribution is 5.88. The summed E-state index contributed by atoms with van der Waals surface area (Å²) in [6.07, 6.45) is 3.71. The predicted octanol–water partition coefficient (Wildman–Crippen LogP) is 5.41. The Balaban J connectivity index is 1.32. The van der Waals surface area contributed by atoms with E-state index in [1.807, 2.05) is 12.3 Å². The van der Waals surface area contributed by atoms with Crippen molar-refractivity contribution >= 4 is 39.3 Å². The highest BCUT2D eigenvalue weighted by Crippen LogP contribution is 2.26. The van der Waals surface area contributed by atoms with E-state index in [0.717, 1.165) is 22.5 Å². The van der Waals surface area contributed by atoms with Crippen LogP contribution in [-0.2, 0) is 6.54 Å². The standard InChI is InChI=1S/C23H22N6/c1-14-15(2)27-21-6-4-18(12-19(14)21)28-22-8-10-25-23(29-22)26-13-16-3-5-20-17(11-16)7-9-24-20/h3-12,24,27H,13H2,1-2H3,(H2,25,26,28,29). The van der Waals surface area contributed by atoms with Gasteiger partial charge in [-0.1, -0.05) is 6.07 Å². The lowest BCUT2D eigenvalue weighted by atomic mass is 10.1. The summed E-state index contributed by atoms with van der Waals surface area (Å²) in [5.41, 5.74) is 6.94. The van der Waals surface area contributed by atoms with E-state index >= 15 is 0 Å². The molecule has 5 rings (SSSR count). The fraction of sp³-hybridized carbons (Fsp3) is 0.130. The van der Waals surface area contributed by atoms with Gasteiger partial charge in [-0.05, 0) is 72.8 Å². The normalized spacial score (nSPS) is 11.2. The third-order valence-electron chi connectivity index (χ3n) is 5.30. The zero-order chi connectivity index (χ0) is 19.8. The van der Waals surface area contributed by atoms with Crippen LogP contribution in [0.5, 0.6) is 0 Å². The van der Waals surface area contributed by atoms with Gasteiger partial charge < -0.3 is 20.6 Å². The largest absolute Gasteiger partial charge is 0.361 e. The molecule has 0 aliphatic heterocycles. The van der Waals surface area contributed by atoms with E-state index in [2.05, 4.69) is 86.9 Å². The number of H-pyrrole nitrogens is 2. The first-order valence-corrected chi connectivity index (χ1v) is 9.64. The molecule has 6 nitrogen and oxygen atoms in total. The molecule has 29 heavy (non-hydrogen) atoms. The molecule has 3 heterocycles. The van der Waals surface area contributed by atoms with E-state index in [4.69, 9.17) is 0 Å². The van der Waals surface area contributed by atoms with Gasteiger partial charge in [0, 0.05) is 46.7 Å². The number of fused-ring (bicyclic) bond motifs is 2. The van der Waals surface area contributed by atoms with Crippen molar-refractivity contribution < 1.29 is 0 Å². The van der Waals surface area contributed by atoms with Crippen LogP contribution in [0.1, 0.15) is 16.8 Å². The van der Waals surface area contributed by atoms with Crippen molar-refractivity contribution in [1.29, 1.82) is 0 Å². The van der Waals surface area contributed by atoms with Crippen molar-refractivity contribution in [2.45, 2.75) is 20.4 Å². The molecule has 0 amide bonds. The lowest BCUT2D eigenvalue weighted by Crippen LogP contribution is -2.05. The number of nitrogens with zero attached hydrogens (tertiary/aromatic N) is 2. The van der Waals surface area contributed by atoms with Crippen molar-refractivity contribution in [3.8, 4) is 0 Å². The average molecular weight is 382 g/mol. The fourth-order valence-corrected chi connectivity index (χ4v) is 3.59. The Morgan fingerprint density at radius 2 is 1.86 bits per heavy atom. The van der Waals surface area contributed by atoms with Gasteiger partial charge in [0.1, 0.15) is 5.82 Å². The third-order valence-corrected chi connectivity index (χ3v) is 5.30. The zero-order valence-corrected chi connectivity index (χ0v) is 16.4. The van der Waals surface area contributed by atoms with Gasteiger partial charge in [-0.15, -0.1) is 0 Å². The Morgan fingerprint density at radius 1 is 0.966 bits per heavy atom. The molecule has 144 valence electrons. The van der Waals surface area contributed by atoms with Crippen LogP contribution in [0.3, 0.4) is 0 Å². The monoisotopic (exact) mass is 382 g/mol. The summed E-state index contributed by atoms with van der Waals surface area (Å²) < 4.78 is 0. The summed E-state index contributed by atoms with van der Waals surface area (Å²) >= 11 is 0. The molecule has 0 saturated heterocycles. The fourth-order valence-electron chi connectivity index (χ4n) is 3.59. The zero-order valence-electron chi connectivity index (χ0n) is 16.4. The van der Waals surface area contributed by atoms with E-state index in [1.165, 1.54) is 27.6 Å². The Bertz CT molecular complexity index is 1310. The molecule has 0 aliphatic carbocycles. The lowest BCUT2D eigenvalue weighted by Gasteiger charge is -2.09. The van der Waals surface area contributed by atoms with E-state index in [-0.39, 0.29) is 0 Å². The summed E-state index contributed by atoms with van der Waals surface area (Å²) in [4.78, 5) is 15.6. The number of aromatic nitrogens is 4. The van der Waals surface area contributed by atoms with Crippen molar-refractivity contribution in [1.82, 2.24) is 19.9 Å². The number of nitrogens with one attached hydrogen (secondary N) is 4. The second kappa shape index (κ2) is 6.98. The first-order valence-electron chi connectivity index (χ1n) is 9.64. The third kappa shape index (κ3) is 3.40. The number of aryl methyl sites for hydroxylation is 2. The minimum Gasteiger partial charge on any atom is -0.361 e. The highest BCUT2D eigenvalue weighted by atomic mass is 15.1. The Hall–Kier alpha value is -3.80.